The van der Waals surface area contributed by atoms with Gasteiger partial charge in [0, 0.05) is 17.8 Å². The molecule has 21 heteroatoms. The molecule has 0 aromatic carbocycles. The molecule has 0 aromatic heterocycles. The Hall–Kier alpha value is -1.14. The number of hydrogen-bond donors (Lipinski definition) is 7. The van der Waals surface area contributed by atoms with Crippen LogP contribution in [-0.2, 0) is 36.8 Å². The Labute approximate surface area is 187 Å². The summed E-state index contributed by atoms with van der Waals surface area (Å²) < 4.78 is 47.8. The number of amides is 1. The molecule has 33 heavy (non-hydrogen) atoms. The first-order valence-electron chi connectivity index (χ1n) is 9.09. The van der Waals surface area contributed by atoms with Gasteiger partial charge < -0.3 is 39.9 Å². The lowest BCUT2D eigenvalue weighted by molar-refractivity contribution is -0.212. The molecule has 8 unspecified atom stereocenters. The molecule has 2 saturated heterocycles. The molecule has 0 bridgehead atoms. The molecule has 0 saturated carbocycles. The van der Waals surface area contributed by atoms with Crippen LogP contribution in [0.2, 0.25) is 0 Å². The number of ether oxygens (including phenoxy) is 2. The van der Waals surface area contributed by atoms with E-state index in [4.69, 9.17) is 27.4 Å². The lowest BCUT2D eigenvalue weighted by Crippen LogP contribution is -2.65. The van der Waals surface area contributed by atoms with E-state index in [1.165, 1.54) is 0 Å². The number of carbonyl (C=O) groups excluding carboxylic acids is 1. The Bertz CT molecular complexity index is 849. The van der Waals surface area contributed by atoms with Crippen molar-refractivity contribution in [3.8, 4) is 0 Å². The number of hydrogen-bond acceptors (Lipinski definition) is 13. The molecule has 18 nitrogen and oxygen atoms in total. The minimum atomic E-state index is -5.48. The van der Waals surface area contributed by atoms with E-state index in [1.54, 1.807) is 0 Å². The van der Waals surface area contributed by atoms with E-state index in [-0.39, 0.29) is 0 Å². The average Bonchev–Trinajstić information content (AvgIpc) is 2.93. The van der Waals surface area contributed by atoms with Gasteiger partial charge in [0.25, 0.3) is 0 Å². The Kier molecular flexibility index (Phi) is 9.82. The highest BCUT2D eigenvalue weighted by Crippen LogP contribution is 2.61. The van der Waals surface area contributed by atoms with Gasteiger partial charge in [-0.1, -0.05) is 5.11 Å². The summed E-state index contributed by atoms with van der Waals surface area (Å²) in [6.45, 7) is -0.218. The van der Waals surface area contributed by atoms with Crippen LogP contribution in [0.3, 0.4) is 0 Å². The fourth-order valence-corrected chi connectivity index (χ4v) is 4.96. The quantitative estimate of drug-likeness (QED) is 0.0509. The highest BCUT2D eigenvalue weighted by molar-refractivity contribution is 7.61. The Balaban J connectivity index is 2.04. The van der Waals surface area contributed by atoms with Crippen LogP contribution in [-0.4, -0.2) is 101 Å². The van der Waals surface area contributed by atoms with Crippen LogP contribution in [0, 0.1) is 0 Å². The summed E-state index contributed by atoms with van der Waals surface area (Å²) in [6, 6.07) is -2.80. The average molecular weight is 517 g/mol. The van der Waals surface area contributed by atoms with Crippen LogP contribution in [0.15, 0.2) is 5.11 Å². The Morgan fingerprint density at radius 1 is 1.24 bits per heavy atom. The van der Waals surface area contributed by atoms with Gasteiger partial charge in [-0.3, -0.25) is 19.2 Å². The second kappa shape index (κ2) is 11.5. The Morgan fingerprint density at radius 3 is 2.45 bits per heavy atom. The number of phosphoric ester groups is 2. The largest absolute Gasteiger partial charge is 0.483 e. The van der Waals surface area contributed by atoms with Gasteiger partial charge >= 0.3 is 15.6 Å². The molecule has 0 aliphatic carbocycles. The predicted octanol–water partition coefficient (Wildman–Crippen LogP) is -2.74. The van der Waals surface area contributed by atoms with E-state index in [0.29, 0.717) is 0 Å². The molecular formula is C12H22BN5O13P2. The summed E-state index contributed by atoms with van der Waals surface area (Å²) in [5.41, 5.74) is 8.39. The molecule has 2 rings (SSSR count). The molecule has 7 N–H and O–H groups in total. The third-order valence-corrected chi connectivity index (χ3v) is 6.81. The molecule has 2 heterocycles. The van der Waals surface area contributed by atoms with Gasteiger partial charge in [-0.05, 0) is 5.53 Å². The number of aliphatic hydroxyl groups excluding tert-OH is 3. The topological polar surface area (TPSA) is 271 Å². The van der Waals surface area contributed by atoms with E-state index in [9.17, 15) is 39.0 Å². The fraction of sp³-hybridized carbons (Fsp3) is 0.917. The van der Waals surface area contributed by atoms with Gasteiger partial charge in [-0.2, -0.15) is 4.31 Å². The van der Waals surface area contributed by atoms with E-state index >= 15 is 0 Å². The molecule has 10 atom stereocenters. The van der Waals surface area contributed by atoms with Gasteiger partial charge in [-0.15, -0.1) is 0 Å². The maximum atomic E-state index is 12.3. The van der Waals surface area contributed by atoms with Crippen molar-refractivity contribution < 1.29 is 61.9 Å². The zero-order chi connectivity index (χ0) is 25.0. The van der Waals surface area contributed by atoms with E-state index in [2.05, 4.69) is 29.5 Å². The van der Waals surface area contributed by atoms with Gasteiger partial charge in [0.2, 0.25) is 5.91 Å². The summed E-state index contributed by atoms with van der Waals surface area (Å²) in [5.74, 6) is -0.702. The van der Waals surface area contributed by atoms with E-state index in [0.717, 1.165) is 6.92 Å². The summed E-state index contributed by atoms with van der Waals surface area (Å²) in [6.07, 6.45) is -9.22. The van der Waals surface area contributed by atoms with Gasteiger partial charge in [-0.25, -0.2) is 9.13 Å². The first-order valence-corrected chi connectivity index (χ1v) is 12.1. The minimum absolute atomic E-state index is 0.407. The number of carbonyl (C=O) groups is 1. The van der Waals surface area contributed by atoms with Crippen molar-refractivity contribution in [2.75, 3.05) is 13.2 Å². The van der Waals surface area contributed by atoms with Crippen molar-refractivity contribution in [1.82, 2.24) is 10.6 Å². The minimum Gasteiger partial charge on any atom is -0.388 e. The second-order valence-electron chi connectivity index (χ2n) is 6.78. The predicted molar refractivity (Wildman–Crippen MR) is 104 cm³/mol. The van der Waals surface area contributed by atoms with Crippen molar-refractivity contribution in [1.29, 1.82) is 0 Å². The van der Waals surface area contributed by atoms with Crippen LogP contribution in [0.25, 0.3) is 10.4 Å². The fourth-order valence-electron chi connectivity index (χ4n) is 2.79. The highest BCUT2D eigenvalue weighted by Gasteiger charge is 2.46. The van der Waals surface area contributed by atoms with Crippen molar-refractivity contribution in [3.63, 3.8) is 0 Å². The summed E-state index contributed by atoms with van der Waals surface area (Å²) in [7, 11) is -5.46. The van der Waals surface area contributed by atoms with E-state index < -0.39 is 83.8 Å². The molecule has 1 amide bonds. The van der Waals surface area contributed by atoms with E-state index in [1.807, 2.05) is 0 Å². The lowest BCUT2D eigenvalue weighted by Gasteiger charge is -2.40. The number of nitrogens with zero attached hydrogens (tertiary/aromatic N) is 3. The monoisotopic (exact) mass is 517 g/mol. The molecule has 0 aromatic rings. The maximum absolute atomic E-state index is 12.3. The number of rotatable bonds is 10. The molecule has 2 aliphatic heterocycles. The highest BCUT2D eigenvalue weighted by atomic mass is 31.3. The number of aliphatic hydroxyl groups is 3. The van der Waals surface area contributed by atoms with Crippen LogP contribution in [0.1, 0.15) is 6.92 Å². The summed E-state index contributed by atoms with van der Waals surface area (Å²) in [4.78, 5) is 33.5. The second-order valence-corrected chi connectivity index (χ2v) is 9.78. The van der Waals surface area contributed by atoms with Crippen LogP contribution < -0.4 is 10.6 Å². The lowest BCUT2D eigenvalue weighted by atomic mass is 9.93. The zero-order valence-electron chi connectivity index (χ0n) is 16.8. The van der Waals surface area contributed by atoms with Crippen molar-refractivity contribution >= 4 is 29.4 Å². The molecule has 2 aliphatic rings. The number of nitrogens with one attached hydrogen (secondary N) is 2. The van der Waals surface area contributed by atoms with Crippen molar-refractivity contribution in [3.05, 3.63) is 10.4 Å². The molecule has 186 valence electrons. The number of azide groups is 1. The van der Waals surface area contributed by atoms with Crippen LogP contribution in [0.4, 0.5) is 0 Å². The van der Waals surface area contributed by atoms with Gasteiger partial charge in [0.05, 0.1) is 19.3 Å². The molecular weight excluding hydrogens is 495 g/mol. The zero-order valence-corrected chi connectivity index (χ0v) is 18.6. The van der Waals surface area contributed by atoms with Gasteiger partial charge in [0.1, 0.15) is 38.6 Å². The SMILES string of the molecule is [B][C@@H]1O[C@H](COP(=O)(O)OP(=O)(O)OC2OC(CN=[N+]=[N-])NC(O)C2NC(C)=O)C(O)C1O. The summed E-state index contributed by atoms with van der Waals surface area (Å²) in [5, 5.41) is 37.1. The maximum Gasteiger partial charge on any atom is 0.483 e. The first kappa shape index (κ1) is 28.1. The third kappa shape index (κ3) is 8.24. The van der Waals surface area contributed by atoms with Crippen molar-refractivity contribution in [2.24, 2.45) is 5.11 Å². The standard InChI is InChI=1S/C12H22BN5O13P2/c1-4(19)16-7-11(22)17-6(2-15-18-14)29-12(7)30-33(25,26)31-32(23,24)27-3-5-8(20)9(21)10(13)28-5/h5-12,17,20-22H,2-3H2,1H3,(H,16,19)(H,23,24)(H,25,26)/t5-,6?,7?,8?,9?,10-,11?,12?/m1/s1. The first-order chi connectivity index (χ1) is 15.2. The number of phosphoric acid groups is 2. The third-order valence-electron chi connectivity index (χ3n) is 4.21. The Morgan fingerprint density at radius 2 is 1.91 bits per heavy atom. The molecule has 2 fully saturated rings. The molecule has 0 spiro atoms. The molecule has 2 radical (unpaired) electrons. The summed E-state index contributed by atoms with van der Waals surface area (Å²) >= 11 is 0. The van der Waals surface area contributed by atoms with Crippen molar-refractivity contribution in [2.45, 2.75) is 56.0 Å². The smallest absolute Gasteiger partial charge is 0.388 e. The van der Waals surface area contributed by atoms with Crippen LogP contribution >= 0.6 is 15.6 Å². The van der Waals surface area contributed by atoms with Crippen LogP contribution in [0.5, 0.6) is 0 Å². The normalized spacial score (nSPS) is 38.0. The van der Waals surface area contributed by atoms with Gasteiger partial charge in [0.15, 0.2) is 6.29 Å².